The summed E-state index contributed by atoms with van der Waals surface area (Å²) in [5, 5.41) is 5.39. The molecule has 0 fully saturated rings. The molecule has 0 saturated carbocycles. The Labute approximate surface area is 134 Å². The zero-order valence-corrected chi connectivity index (χ0v) is 13.7. The Morgan fingerprint density at radius 2 is 1.95 bits per heavy atom. The Balaban J connectivity index is 2.13. The lowest BCUT2D eigenvalue weighted by Crippen LogP contribution is -2.16. The molecule has 0 saturated heterocycles. The highest BCUT2D eigenvalue weighted by Gasteiger charge is 2.22. The van der Waals surface area contributed by atoms with Gasteiger partial charge in [-0.05, 0) is 37.0 Å². The number of aryl methyl sites for hydroxylation is 2. The Bertz CT molecular complexity index is 636. The van der Waals surface area contributed by atoms with Crippen LogP contribution in [0.2, 0.25) is 10.0 Å². The summed E-state index contributed by atoms with van der Waals surface area (Å²) in [5.74, 6) is -0.169. The molecule has 6 heteroatoms. The Morgan fingerprint density at radius 1 is 1.24 bits per heavy atom. The van der Waals surface area contributed by atoms with Crippen LogP contribution in [0, 0.1) is 6.92 Å². The molecular weight excluding hydrogens is 309 g/mol. The molecule has 1 N–H and O–H groups in total. The van der Waals surface area contributed by atoms with Gasteiger partial charge in [0.2, 0.25) is 0 Å². The SMILES string of the molecule is Cc1cc(CCC2=NNC(=O)/C2=C/N(C)C)c(Cl)cc1Cl. The van der Waals surface area contributed by atoms with Gasteiger partial charge in [0.25, 0.3) is 5.91 Å². The minimum absolute atomic E-state index is 0.169. The van der Waals surface area contributed by atoms with E-state index in [0.717, 1.165) is 16.8 Å². The molecule has 1 aliphatic heterocycles. The topological polar surface area (TPSA) is 44.7 Å². The summed E-state index contributed by atoms with van der Waals surface area (Å²) < 4.78 is 0. The largest absolute Gasteiger partial charge is 0.383 e. The monoisotopic (exact) mass is 325 g/mol. The summed E-state index contributed by atoms with van der Waals surface area (Å²) in [6.45, 7) is 1.94. The van der Waals surface area contributed by atoms with Crippen LogP contribution in [0.25, 0.3) is 0 Å². The normalized spacial score (nSPS) is 16.1. The van der Waals surface area contributed by atoms with Crippen molar-refractivity contribution in [1.29, 1.82) is 0 Å². The first-order valence-electron chi connectivity index (χ1n) is 6.58. The number of halogens is 2. The van der Waals surface area contributed by atoms with Gasteiger partial charge in [0.05, 0.1) is 11.3 Å². The van der Waals surface area contributed by atoms with E-state index in [1.54, 1.807) is 12.3 Å². The smallest absolute Gasteiger partial charge is 0.274 e. The fraction of sp³-hybridized carbons (Fsp3) is 0.333. The van der Waals surface area contributed by atoms with Crippen molar-refractivity contribution in [2.75, 3.05) is 14.1 Å². The van der Waals surface area contributed by atoms with E-state index in [-0.39, 0.29) is 5.91 Å². The highest BCUT2D eigenvalue weighted by Crippen LogP contribution is 2.26. The fourth-order valence-corrected chi connectivity index (χ4v) is 2.59. The number of carbonyl (C=O) groups excluding carboxylic acids is 1. The van der Waals surface area contributed by atoms with Crippen LogP contribution >= 0.6 is 23.2 Å². The molecule has 1 aromatic rings. The molecular formula is C15H17Cl2N3O. The Kier molecular flexibility index (Phi) is 4.91. The second kappa shape index (κ2) is 6.50. The van der Waals surface area contributed by atoms with Crippen LogP contribution in [0.4, 0.5) is 0 Å². The Hall–Kier alpha value is -1.52. The molecule has 0 radical (unpaired) electrons. The maximum Gasteiger partial charge on any atom is 0.274 e. The van der Waals surface area contributed by atoms with Crippen molar-refractivity contribution in [3.05, 3.63) is 45.1 Å². The lowest BCUT2D eigenvalue weighted by atomic mass is 10.0. The number of rotatable bonds is 4. The van der Waals surface area contributed by atoms with Gasteiger partial charge in [-0.2, -0.15) is 5.10 Å². The third-order valence-electron chi connectivity index (χ3n) is 3.19. The molecule has 0 bridgehead atoms. The molecule has 0 unspecified atom stereocenters. The summed E-state index contributed by atoms with van der Waals surface area (Å²) in [7, 11) is 3.74. The molecule has 4 nitrogen and oxygen atoms in total. The van der Waals surface area contributed by atoms with Gasteiger partial charge in [0, 0.05) is 30.3 Å². The summed E-state index contributed by atoms with van der Waals surface area (Å²) in [6, 6.07) is 3.73. The third kappa shape index (κ3) is 3.77. The van der Waals surface area contributed by atoms with Crippen LogP contribution in [-0.2, 0) is 11.2 Å². The third-order valence-corrected chi connectivity index (χ3v) is 3.95. The minimum atomic E-state index is -0.169. The quantitative estimate of drug-likeness (QED) is 0.864. The van der Waals surface area contributed by atoms with Crippen molar-refractivity contribution in [2.45, 2.75) is 19.8 Å². The second-order valence-electron chi connectivity index (χ2n) is 5.20. The van der Waals surface area contributed by atoms with E-state index in [9.17, 15) is 4.79 Å². The van der Waals surface area contributed by atoms with Crippen molar-refractivity contribution < 1.29 is 4.79 Å². The number of amides is 1. The standard InChI is InChI=1S/C15H17Cl2N3O/c1-9-6-10(13(17)7-12(9)16)4-5-14-11(8-20(2)3)15(21)19-18-14/h6-8H,4-5H2,1-3H3,(H,19,21)/b11-8+. The van der Waals surface area contributed by atoms with E-state index in [0.29, 0.717) is 28.5 Å². The van der Waals surface area contributed by atoms with Crippen molar-refractivity contribution in [3.8, 4) is 0 Å². The molecule has 1 heterocycles. The van der Waals surface area contributed by atoms with Gasteiger partial charge in [-0.3, -0.25) is 4.79 Å². The van der Waals surface area contributed by atoms with Crippen LogP contribution in [0.1, 0.15) is 17.5 Å². The summed E-state index contributed by atoms with van der Waals surface area (Å²) in [4.78, 5) is 13.6. The predicted octanol–water partition coefficient (Wildman–Crippen LogP) is 3.17. The number of carbonyl (C=O) groups is 1. The summed E-state index contributed by atoms with van der Waals surface area (Å²) in [5.41, 5.74) is 5.84. The first kappa shape index (κ1) is 15.9. The molecule has 21 heavy (non-hydrogen) atoms. The summed E-state index contributed by atoms with van der Waals surface area (Å²) >= 11 is 12.2. The minimum Gasteiger partial charge on any atom is -0.383 e. The highest BCUT2D eigenvalue weighted by atomic mass is 35.5. The van der Waals surface area contributed by atoms with Gasteiger partial charge in [-0.1, -0.05) is 29.3 Å². The molecule has 1 aromatic carbocycles. The number of benzene rings is 1. The number of hydrazone groups is 1. The summed E-state index contributed by atoms with van der Waals surface area (Å²) in [6.07, 6.45) is 3.12. The first-order chi connectivity index (χ1) is 9.88. The fourth-order valence-electron chi connectivity index (χ4n) is 2.11. The second-order valence-corrected chi connectivity index (χ2v) is 6.01. The van der Waals surface area contributed by atoms with Crippen LogP contribution < -0.4 is 5.43 Å². The van der Waals surface area contributed by atoms with E-state index in [1.807, 2.05) is 32.0 Å². The zero-order chi connectivity index (χ0) is 15.6. The molecule has 0 aliphatic carbocycles. The van der Waals surface area contributed by atoms with Crippen LogP contribution in [0.3, 0.4) is 0 Å². The lowest BCUT2D eigenvalue weighted by molar-refractivity contribution is -0.116. The maximum atomic E-state index is 11.7. The molecule has 0 atom stereocenters. The number of nitrogens with one attached hydrogen (secondary N) is 1. The molecule has 112 valence electrons. The van der Waals surface area contributed by atoms with Gasteiger partial charge >= 0.3 is 0 Å². The number of hydrogen-bond acceptors (Lipinski definition) is 3. The average molecular weight is 326 g/mol. The molecule has 0 aromatic heterocycles. The Morgan fingerprint density at radius 3 is 2.62 bits per heavy atom. The lowest BCUT2D eigenvalue weighted by Gasteiger charge is -2.09. The van der Waals surface area contributed by atoms with Crippen molar-refractivity contribution in [2.24, 2.45) is 5.10 Å². The molecule has 1 amide bonds. The molecule has 2 rings (SSSR count). The first-order valence-corrected chi connectivity index (χ1v) is 7.34. The van der Waals surface area contributed by atoms with Crippen LogP contribution in [0.15, 0.2) is 29.0 Å². The number of hydrogen-bond donors (Lipinski definition) is 1. The molecule has 0 spiro atoms. The van der Waals surface area contributed by atoms with Gasteiger partial charge in [0.1, 0.15) is 0 Å². The van der Waals surface area contributed by atoms with Crippen LogP contribution in [-0.4, -0.2) is 30.6 Å². The van der Waals surface area contributed by atoms with Gasteiger partial charge in [0.15, 0.2) is 0 Å². The van der Waals surface area contributed by atoms with Crippen molar-refractivity contribution in [1.82, 2.24) is 10.3 Å². The maximum absolute atomic E-state index is 11.7. The van der Waals surface area contributed by atoms with Crippen molar-refractivity contribution >= 4 is 34.8 Å². The highest BCUT2D eigenvalue weighted by molar-refractivity contribution is 6.35. The van der Waals surface area contributed by atoms with Crippen LogP contribution in [0.5, 0.6) is 0 Å². The van der Waals surface area contributed by atoms with E-state index in [2.05, 4.69) is 10.5 Å². The molecule has 1 aliphatic rings. The zero-order valence-electron chi connectivity index (χ0n) is 12.2. The van der Waals surface area contributed by atoms with Gasteiger partial charge in [-0.15, -0.1) is 0 Å². The predicted molar refractivity (Wildman–Crippen MR) is 86.9 cm³/mol. The van der Waals surface area contributed by atoms with E-state index >= 15 is 0 Å². The van der Waals surface area contributed by atoms with E-state index < -0.39 is 0 Å². The average Bonchev–Trinajstić information content (AvgIpc) is 2.73. The van der Waals surface area contributed by atoms with Gasteiger partial charge in [-0.25, -0.2) is 5.43 Å². The van der Waals surface area contributed by atoms with E-state index in [1.165, 1.54) is 0 Å². The van der Waals surface area contributed by atoms with E-state index in [4.69, 9.17) is 23.2 Å². The van der Waals surface area contributed by atoms with Crippen molar-refractivity contribution in [3.63, 3.8) is 0 Å². The van der Waals surface area contributed by atoms with Gasteiger partial charge < -0.3 is 4.90 Å². The number of nitrogens with zero attached hydrogens (tertiary/aromatic N) is 2.